The molecule has 0 radical (unpaired) electrons. The first kappa shape index (κ1) is 22.0. The summed E-state index contributed by atoms with van der Waals surface area (Å²) < 4.78 is 0. The van der Waals surface area contributed by atoms with Crippen molar-refractivity contribution in [3.05, 3.63) is 34.9 Å². The number of aliphatic hydroxyl groups is 1. The van der Waals surface area contributed by atoms with E-state index < -0.39 is 0 Å². The lowest BCUT2D eigenvalue weighted by Gasteiger charge is -2.36. The van der Waals surface area contributed by atoms with Gasteiger partial charge in [-0.15, -0.1) is 24.8 Å². The van der Waals surface area contributed by atoms with Gasteiger partial charge in [0.05, 0.1) is 6.10 Å². The molecule has 2 fully saturated rings. The number of rotatable bonds is 4. The van der Waals surface area contributed by atoms with Crippen molar-refractivity contribution in [3.8, 4) is 0 Å². The van der Waals surface area contributed by atoms with E-state index >= 15 is 0 Å². The number of halogens is 3. The third kappa shape index (κ3) is 5.48. The van der Waals surface area contributed by atoms with Crippen LogP contribution in [0.4, 0.5) is 0 Å². The molecule has 6 heteroatoms. The molecule has 2 unspecified atom stereocenters. The van der Waals surface area contributed by atoms with Gasteiger partial charge in [0.2, 0.25) is 0 Å². The van der Waals surface area contributed by atoms with E-state index in [1.807, 2.05) is 12.1 Å². The molecule has 3 nitrogen and oxygen atoms in total. The van der Waals surface area contributed by atoms with Crippen molar-refractivity contribution in [1.29, 1.82) is 0 Å². The molecule has 1 aromatic rings. The molecule has 1 heterocycles. The van der Waals surface area contributed by atoms with Gasteiger partial charge in [0.1, 0.15) is 0 Å². The van der Waals surface area contributed by atoms with Crippen molar-refractivity contribution < 1.29 is 5.11 Å². The summed E-state index contributed by atoms with van der Waals surface area (Å²) in [6.45, 7) is 3.02. The molecule has 3 rings (SSSR count). The Kier molecular flexibility index (Phi) is 9.35. The van der Waals surface area contributed by atoms with Gasteiger partial charge in [-0.25, -0.2) is 0 Å². The monoisotopic (exact) mass is 394 g/mol. The highest BCUT2D eigenvalue weighted by molar-refractivity contribution is 6.30. The Hall–Kier alpha value is -0.0300. The molecular formula is C18H29Cl3N2O. The third-order valence-corrected chi connectivity index (χ3v) is 5.57. The number of nitrogens with two attached hydrogens (primary N) is 1. The van der Waals surface area contributed by atoms with Crippen LogP contribution in [0.3, 0.4) is 0 Å². The molecule has 138 valence electrons. The molecule has 2 aliphatic rings. The molecule has 0 amide bonds. The van der Waals surface area contributed by atoms with E-state index in [2.05, 4.69) is 17.0 Å². The average Bonchev–Trinajstić information content (AvgIpc) is 2.91. The molecule has 4 atom stereocenters. The number of hydrogen-bond acceptors (Lipinski definition) is 3. The van der Waals surface area contributed by atoms with Gasteiger partial charge in [0, 0.05) is 30.1 Å². The molecule has 1 aliphatic carbocycles. The van der Waals surface area contributed by atoms with Crippen LogP contribution < -0.4 is 5.73 Å². The van der Waals surface area contributed by atoms with Crippen molar-refractivity contribution in [2.75, 3.05) is 19.6 Å². The Morgan fingerprint density at radius 2 is 1.96 bits per heavy atom. The lowest BCUT2D eigenvalue weighted by atomic mass is 9.75. The van der Waals surface area contributed by atoms with Gasteiger partial charge in [-0.3, -0.25) is 0 Å². The van der Waals surface area contributed by atoms with Gasteiger partial charge in [-0.05, 0) is 49.4 Å². The van der Waals surface area contributed by atoms with Gasteiger partial charge in [0.25, 0.3) is 0 Å². The normalized spacial score (nSPS) is 28.7. The summed E-state index contributed by atoms with van der Waals surface area (Å²) in [4.78, 5) is 2.46. The number of hydrogen-bond donors (Lipinski definition) is 2. The van der Waals surface area contributed by atoms with Crippen molar-refractivity contribution in [3.63, 3.8) is 0 Å². The highest BCUT2D eigenvalue weighted by atomic mass is 35.5. The first-order valence-electron chi connectivity index (χ1n) is 8.55. The maximum Gasteiger partial charge on any atom is 0.0574 e. The minimum atomic E-state index is -0.186. The van der Waals surface area contributed by atoms with Crippen LogP contribution >= 0.6 is 36.4 Å². The number of aliphatic hydroxyl groups excluding tert-OH is 1. The van der Waals surface area contributed by atoms with Crippen LogP contribution in [0.15, 0.2) is 24.3 Å². The molecule has 3 N–H and O–H groups in total. The van der Waals surface area contributed by atoms with E-state index in [0.717, 1.165) is 50.3 Å². The predicted octanol–water partition coefficient (Wildman–Crippen LogP) is 3.85. The van der Waals surface area contributed by atoms with E-state index in [9.17, 15) is 5.11 Å². The lowest BCUT2D eigenvalue weighted by Crippen LogP contribution is -2.37. The molecule has 1 aromatic carbocycles. The van der Waals surface area contributed by atoms with E-state index in [-0.39, 0.29) is 30.9 Å². The van der Waals surface area contributed by atoms with Crippen LogP contribution in [0.5, 0.6) is 0 Å². The maximum absolute atomic E-state index is 10.5. The van der Waals surface area contributed by atoms with Gasteiger partial charge < -0.3 is 15.7 Å². The Morgan fingerprint density at radius 1 is 1.21 bits per heavy atom. The molecule has 1 saturated carbocycles. The smallest absolute Gasteiger partial charge is 0.0574 e. The Balaban J connectivity index is 0.00000144. The summed E-state index contributed by atoms with van der Waals surface area (Å²) in [6.07, 6.45) is 5.30. The van der Waals surface area contributed by atoms with Crippen molar-refractivity contribution in [1.82, 2.24) is 4.90 Å². The van der Waals surface area contributed by atoms with E-state index in [1.54, 1.807) is 0 Å². The highest BCUT2D eigenvalue weighted by Crippen LogP contribution is 2.38. The minimum absolute atomic E-state index is 0. The molecule has 1 saturated heterocycles. The number of likely N-dealkylation sites (tertiary alicyclic amines) is 1. The summed E-state index contributed by atoms with van der Waals surface area (Å²) in [5, 5.41) is 11.3. The fourth-order valence-electron chi connectivity index (χ4n) is 4.14. The van der Waals surface area contributed by atoms with E-state index in [4.69, 9.17) is 17.3 Å². The zero-order valence-corrected chi connectivity index (χ0v) is 16.3. The lowest BCUT2D eigenvalue weighted by molar-refractivity contribution is 0.0476. The van der Waals surface area contributed by atoms with E-state index in [0.29, 0.717) is 17.9 Å². The molecule has 0 aromatic heterocycles. The summed E-state index contributed by atoms with van der Waals surface area (Å²) in [6, 6.07) is 8.48. The first-order valence-corrected chi connectivity index (χ1v) is 8.93. The quantitative estimate of drug-likeness (QED) is 0.814. The topological polar surface area (TPSA) is 49.5 Å². The van der Waals surface area contributed by atoms with Crippen molar-refractivity contribution in [2.24, 2.45) is 11.7 Å². The van der Waals surface area contributed by atoms with Gasteiger partial charge in [0.15, 0.2) is 0 Å². The van der Waals surface area contributed by atoms with Crippen molar-refractivity contribution >= 4 is 36.4 Å². The van der Waals surface area contributed by atoms with Gasteiger partial charge in [-0.1, -0.05) is 36.6 Å². The Morgan fingerprint density at radius 3 is 2.58 bits per heavy atom. The van der Waals surface area contributed by atoms with Crippen LogP contribution in [-0.2, 0) is 0 Å². The highest BCUT2D eigenvalue weighted by Gasteiger charge is 2.34. The van der Waals surface area contributed by atoms with Crippen LogP contribution in [0.2, 0.25) is 5.02 Å². The predicted molar refractivity (Wildman–Crippen MR) is 106 cm³/mol. The number of nitrogens with zero attached hydrogens (tertiary/aromatic N) is 1. The van der Waals surface area contributed by atoms with Crippen LogP contribution in [0, 0.1) is 5.92 Å². The third-order valence-electron chi connectivity index (χ3n) is 5.34. The fourth-order valence-corrected chi connectivity index (χ4v) is 4.34. The average molecular weight is 396 g/mol. The zero-order chi connectivity index (χ0) is 15.5. The van der Waals surface area contributed by atoms with E-state index in [1.165, 1.54) is 12.0 Å². The summed E-state index contributed by atoms with van der Waals surface area (Å²) in [5.74, 6) is 0.684. The second-order valence-corrected chi connectivity index (χ2v) is 7.42. The van der Waals surface area contributed by atoms with Gasteiger partial charge in [-0.2, -0.15) is 0 Å². The second kappa shape index (κ2) is 10.2. The minimum Gasteiger partial charge on any atom is -0.393 e. The summed E-state index contributed by atoms with van der Waals surface area (Å²) in [5.41, 5.74) is 7.32. The maximum atomic E-state index is 10.5. The zero-order valence-electron chi connectivity index (χ0n) is 13.9. The Bertz CT molecular complexity index is 503. The molecule has 0 spiro atoms. The molecule has 0 bridgehead atoms. The Labute approximate surface area is 162 Å². The molecule has 24 heavy (non-hydrogen) atoms. The molecule has 1 aliphatic heterocycles. The van der Waals surface area contributed by atoms with Crippen LogP contribution in [0.25, 0.3) is 0 Å². The molecular weight excluding hydrogens is 367 g/mol. The standard InChI is InChI=1S/C18H27ClN2O.2ClH/c19-14-5-3-4-13(10-14)17(12-21-9-8-15(20)11-21)16-6-1-2-7-18(16)22;;/h3-5,10,15-18,22H,1-2,6-9,11-12,20H2;2*1H/t15-,16?,17?,18+;;/m0../s1. The fraction of sp³-hybridized carbons (Fsp3) is 0.667. The first-order chi connectivity index (χ1) is 10.6. The van der Waals surface area contributed by atoms with Crippen molar-refractivity contribution in [2.45, 2.75) is 50.2 Å². The summed E-state index contributed by atoms with van der Waals surface area (Å²) >= 11 is 6.21. The second-order valence-electron chi connectivity index (χ2n) is 6.99. The largest absolute Gasteiger partial charge is 0.393 e. The SMILES string of the molecule is Cl.Cl.N[C@H]1CCN(CC(c2cccc(Cl)c2)C2CCCC[C@H]2O)C1. The van der Waals surface area contributed by atoms with Crippen LogP contribution in [0.1, 0.15) is 43.6 Å². The summed E-state index contributed by atoms with van der Waals surface area (Å²) in [7, 11) is 0. The number of benzene rings is 1. The van der Waals surface area contributed by atoms with Crippen LogP contribution in [-0.4, -0.2) is 41.8 Å². The van der Waals surface area contributed by atoms with Gasteiger partial charge >= 0.3 is 0 Å².